The Labute approximate surface area is 164 Å². The molecule has 0 radical (unpaired) electrons. The molecule has 4 aromatic rings. The molecule has 4 heterocycles. The van der Waals surface area contributed by atoms with Crippen LogP contribution in [0.1, 0.15) is 16.6 Å². The molecule has 1 amide bonds. The van der Waals surface area contributed by atoms with Gasteiger partial charge in [0.05, 0.1) is 19.3 Å². The van der Waals surface area contributed by atoms with Crippen LogP contribution >= 0.6 is 0 Å². The van der Waals surface area contributed by atoms with Gasteiger partial charge < -0.3 is 14.5 Å². The number of fused-ring (bicyclic) bond motifs is 1. The van der Waals surface area contributed by atoms with Gasteiger partial charge >= 0.3 is 0 Å². The van der Waals surface area contributed by atoms with Crippen molar-refractivity contribution in [3.63, 3.8) is 0 Å². The minimum absolute atomic E-state index is 0.211. The first-order chi connectivity index (χ1) is 14.2. The molecule has 2 atom stereocenters. The van der Waals surface area contributed by atoms with Gasteiger partial charge in [-0.3, -0.25) is 9.59 Å². The number of nitrogens with one attached hydrogen (secondary N) is 1. The average molecular weight is 391 g/mol. The van der Waals surface area contributed by atoms with Gasteiger partial charge in [0.25, 0.3) is 11.5 Å². The molecular weight excluding hydrogens is 374 g/mol. The smallest absolute Gasteiger partial charge is 0.287 e. The number of carbonyl (C=O) groups is 1. The SMILES string of the molecule is O=C(NC1COCC1n1nc(-n2cccn2)ccc1=O)c1cc2ccccc2o1. The van der Waals surface area contributed by atoms with Gasteiger partial charge in [0.1, 0.15) is 11.6 Å². The highest BCUT2D eigenvalue weighted by atomic mass is 16.5. The Hall–Kier alpha value is -3.72. The summed E-state index contributed by atoms with van der Waals surface area (Å²) in [5.74, 6) is 0.351. The van der Waals surface area contributed by atoms with Crippen LogP contribution in [0.2, 0.25) is 0 Å². The molecule has 146 valence electrons. The third kappa shape index (κ3) is 3.21. The van der Waals surface area contributed by atoms with Gasteiger partial charge in [-0.15, -0.1) is 5.10 Å². The Morgan fingerprint density at radius 2 is 2.03 bits per heavy atom. The number of para-hydroxylation sites is 1. The van der Waals surface area contributed by atoms with Crippen LogP contribution in [0, 0.1) is 0 Å². The van der Waals surface area contributed by atoms with E-state index in [1.165, 1.54) is 10.7 Å². The zero-order chi connectivity index (χ0) is 19.8. The second-order valence-electron chi connectivity index (χ2n) is 6.76. The predicted octanol–water partition coefficient (Wildman–Crippen LogP) is 1.55. The zero-order valence-electron chi connectivity index (χ0n) is 15.3. The van der Waals surface area contributed by atoms with Crippen LogP contribution < -0.4 is 10.9 Å². The number of amides is 1. The van der Waals surface area contributed by atoms with Crippen molar-refractivity contribution in [2.24, 2.45) is 0 Å². The van der Waals surface area contributed by atoms with Gasteiger partial charge in [-0.05, 0) is 24.3 Å². The number of benzene rings is 1. The van der Waals surface area contributed by atoms with Crippen LogP contribution in [0.3, 0.4) is 0 Å². The fourth-order valence-electron chi connectivity index (χ4n) is 3.43. The van der Waals surface area contributed by atoms with Crippen molar-refractivity contribution < 1.29 is 13.9 Å². The lowest BCUT2D eigenvalue weighted by atomic mass is 10.1. The number of ether oxygens (including phenoxy) is 1. The molecule has 1 saturated heterocycles. The van der Waals surface area contributed by atoms with E-state index in [4.69, 9.17) is 9.15 Å². The Bertz CT molecular complexity index is 1190. The number of hydrogen-bond acceptors (Lipinski definition) is 6. The molecule has 1 aliphatic rings. The van der Waals surface area contributed by atoms with Gasteiger partial charge in [-0.1, -0.05) is 18.2 Å². The fraction of sp³-hybridized carbons (Fsp3) is 0.200. The minimum Gasteiger partial charge on any atom is -0.451 e. The average Bonchev–Trinajstić information content (AvgIpc) is 3.48. The van der Waals surface area contributed by atoms with E-state index >= 15 is 0 Å². The van der Waals surface area contributed by atoms with E-state index in [-0.39, 0.29) is 30.4 Å². The molecular formula is C20H17N5O4. The maximum absolute atomic E-state index is 12.7. The van der Waals surface area contributed by atoms with Crippen LogP contribution in [0.15, 0.2) is 70.1 Å². The second-order valence-corrected chi connectivity index (χ2v) is 6.76. The van der Waals surface area contributed by atoms with Crippen LogP contribution in [0.25, 0.3) is 16.8 Å². The highest BCUT2D eigenvalue weighted by Gasteiger charge is 2.33. The lowest BCUT2D eigenvalue weighted by Gasteiger charge is -2.20. The summed E-state index contributed by atoms with van der Waals surface area (Å²) < 4.78 is 14.1. The van der Waals surface area contributed by atoms with Crippen molar-refractivity contribution in [1.82, 2.24) is 24.9 Å². The molecule has 1 aromatic carbocycles. The van der Waals surface area contributed by atoms with Crippen molar-refractivity contribution in [3.05, 3.63) is 77.0 Å². The van der Waals surface area contributed by atoms with Crippen molar-refractivity contribution in [3.8, 4) is 5.82 Å². The molecule has 1 N–H and O–H groups in total. The summed E-state index contributed by atoms with van der Waals surface area (Å²) in [5, 5.41) is 12.3. The summed E-state index contributed by atoms with van der Waals surface area (Å²) >= 11 is 0. The summed E-state index contributed by atoms with van der Waals surface area (Å²) in [6.45, 7) is 0.539. The summed E-state index contributed by atoms with van der Waals surface area (Å²) in [4.78, 5) is 25.1. The first-order valence-corrected chi connectivity index (χ1v) is 9.16. The lowest BCUT2D eigenvalue weighted by Crippen LogP contribution is -2.44. The summed E-state index contributed by atoms with van der Waals surface area (Å²) in [5.41, 5.74) is 0.362. The van der Waals surface area contributed by atoms with Crippen LogP contribution in [0.5, 0.6) is 0 Å². The number of rotatable bonds is 4. The quantitative estimate of drug-likeness (QED) is 0.566. The third-order valence-electron chi connectivity index (χ3n) is 4.88. The van der Waals surface area contributed by atoms with Crippen molar-refractivity contribution in [1.29, 1.82) is 0 Å². The van der Waals surface area contributed by atoms with E-state index in [0.29, 0.717) is 11.4 Å². The molecule has 1 fully saturated rings. The molecule has 9 heteroatoms. The van der Waals surface area contributed by atoms with Crippen LogP contribution in [-0.2, 0) is 4.74 Å². The standard InChI is InChI=1S/C20H17N5O4/c26-19-7-6-18(24-9-3-8-21-24)23-25(19)15-12-28-11-14(15)22-20(27)17-10-13-4-1-2-5-16(13)29-17/h1-10,14-15H,11-12H2,(H,22,27). The maximum atomic E-state index is 12.7. The predicted molar refractivity (Wildman–Crippen MR) is 103 cm³/mol. The molecule has 0 aliphatic carbocycles. The van der Waals surface area contributed by atoms with Crippen molar-refractivity contribution in [2.45, 2.75) is 12.1 Å². The molecule has 0 spiro atoms. The van der Waals surface area contributed by atoms with Gasteiger partial charge in [0.15, 0.2) is 11.6 Å². The largest absolute Gasteiger partial charge is 0.451 e. The Morgan fingerprint density at radius 1 is 1.14 bits per heavy atom. The highest BCUT2D eigenvalue weighted by Crippen LogP contribution is 2.21. The third-order valence-corrected chi connectivity index (χ3v) is 4.88. The van der Waals surface area contributed by atoms with Gasteiger partial charge in [-0.2, -0.15) is 5.10 Å². The molecule has 29 heavy (non-hydrogen) atoms. The normalized spacial score (nSPS) is 18.9. The number of nitrogens with zero attached hydrogens (tertiary/aromatic N) is 4. The molecule has 9 nitrogen and oxygen atoms in total. The Kier molecular flexibility index (Phi) is 4.21. The molecule has 0 bridgehead atoms. The highest BCUT2D eigenvalue weighted by molar-refractivity contribution is 5.96. The van der Waals surface area contributed by atoms with E-state index < -0.39 is 12.1 Å². The number of furan rings is 1. The maximum Gasteiger partial charge on any atom is 0.287 e. The minimum atomic E-state index is -0.439. The molecule has 5 rings (SSSR count). The first kappa shape index (κ1) is 17.4. The number of carbonyl (C=O) groups excluding carboxylic acids is 1. The summed E-state index contributed by atoms with van der Waals surface area (Å²) in [6.07, 6.45) is 3.37. The van der Waals surface area contributed by atoms with Gasteiger partial charge in [-0.25, -0.2) is 9.36 Å². The topological polar surface area (TPSA) is 104 Å². The van der Waals surface area contributed by atoms with Crippen LogP contribution in [0.4, 0.5) is 0 Å². The number of aromatic nitrogens is 4. The molecule has 3 aromatic heterocycles. The van der Waals surface area contributed by atoms with E-state index in [0.717, 1.165) is 5.39 Å². The van der Waals surface area contributed by atoms with Crippen LogP contribution in [-0.4, -0.2) is 44.7 Å². The zero-order valence-corrected chi connectivity index (χ0v) is 15.3. The van der Waals surface area contributed by atoms with E-state index in [9.17, 15) is 9.59 Å². The Morgan fingerprint density at radius 3 is 2.86 bits per heavy atom. The van der Waals surface area contributed by atoms with E-state index in [1.807, 2.05) is 18.2 Å². The molecule has 1 aliphatic heterocycles. The Balaban J connectivity index is 1.41. The van der Waals surface area contributed by atoms with E-state index in [1.54, 1.807) is 41.3 Å². The monoisotopic (exact) mass is 391 g/mol. The van der Waals surface area contributed by atoms with Crippen molar-refractivity contribution >= 4 is 16.9 Å². The second kappa shape index (κ2) is 7.02. The van der Waals surface area contributed by atoms with Gasteiger partial charge in [0, 0.05) is 23.8 Å². The van der Waals surface area contributed by atoms with Gasteiger partial charge in [0.2, 0.25) is 0 Å². The lowest BCUT2D eigenvalue weighted by molar-refractivity contribution is 0.0899. The van der Waals surface area contributed by atoms with E-state index in [2.05, 4.69) is 15.5 Å². The summed E-state index contributed by atoms with van der Waals surface area (Å²) in [7, 11) is 0. The molecule has 0 saturated carbocycles. The van der Waals surface area contributed by atoms with Crippen molar-refractivity contribution in [2.75, 3.05) is 13.2 Å². The first-order valence-electron chi connectivity index (χ1n) is 9.16. The molecule has 2 unspecified atom stereocenters. The fourth-order valence-corrected chi connectivity index (χ4v) is 3.43. The number of hydrogen-bond donors (Lipinski definition) is 1. The summed E-state index contributed by atoms with van der Waals surface area (Å²) in [6, 6.07) is 13.0.